The van der Waals surface area contributed by atoms with Crippen molar-refractivity contribution in [1.29, 1.82) is 0 Å². The molecule has 0 radical (unpaired) electrons. The number of ketones is 1. The molecule has 1 fully saturated rings. The zero-order valence-corrected chi connectivity index (χ0v) is 21.8. The lowest BCUT2D eigenvalue weighted by atomic mass is 9.85. The number of benzene rings is 2. The minimum atomic E-state index is -0.705. The molecule has 0 saturated carbocycles. The van der Waals surface area contributed by atoms with Crippen LogP contribution in [0, 0.1) is 0 Å². The number of hydrogen-bond donors (Lipinski definition) is 1. The number of rotatable bonds is 9. The average Bonchev–Trinajstić information content (AvgIpc) is 3.09. The predicted molar refractivity (Wildman–Crippen MR) is 136 cm³/mol. The summed E-state index contributed by atoms with van der Waals surface area (Å²) in [6.07, 6.45) is 0. The van der Waals surface area contributed by atoms with Crippen LogP contribution >= 0.6 is 0 Å². The normalized spacial score (nSPS) is 17.9. The fraction of sp³-hybridized carbons (Fsp3) is 0.448. The first-order valence-corrected chi connectivity index (χ1v) is 12.6. The molecule has 1 aliphatic heterocycles. The Morgan fingerprint density at radius 1 is 0.971 bits per heavy atom. The van der Waals surface area contributed by atoms with E-state index in [9.17, 15) is 14.7 Å². The summed E-state index contributed by atoms with van der Waals surface area (Å²) in [6.45, 7) is 16.0. The van der Waals surface area contributed by atoms with Crippen molar-refractivity contribution >= 4 is 17.4 Å². The lowest BCUT2D eigenvalue weighted by Gasteiger charge is -2.29. The van der Waals surface area contributed by atoms with E-state index in [0.717, 1.165) is 24.2 Å². The first-order chi connectivity index (χ1) is 16.6. The SMILES string of the molecule is CCOc1ccc(C([O-])=C2C(=O)C(=O)N(CC[NH+](CC)CC)C2c2ccc(C(C)(C)C)cc2)cc1. The molecule has 1 unspecified atom stereocenters. The summed E-state index contributed by atoms with van der Waals surface area (Å²) >= 11 is 0. The van der Waals surface area contributed by atoms with E-state index in [1.807, 2.05) is 31.2 Å². The Balaban J connectivity index is 2.08. The second-order valence-electron chi connectivity index (χ2n) is 10.0. The molecule has 35 heavy (non-hydrogen) atoms. The van der Waals surface area contributed by atoms with E-state index in [4.69, 9.17) is 4.74 Å². The van der Waals surface area contributed by atoms with Crippen LogP contribution in [-0.4, -0.2) is 49.4 Å². The maximum absolute atomic E-state index is 13.6. The van der Waals surface area contributed by atoms with E-state index in [1.54, 1.807) is 29.2 Å². The summed E-state index contributed by atoms with van der Waals surface area (Å²) in [4.78, 5) is 29.3. The molecule has 1 amide bonds. The van der Waals surface area contributed by atoms with E-state index in [1.165, 1.54) is 4.90 Å². The molecule has 3 rings (SSSR count). The van der Waals surface area contributed by atoms with Crippen LogP contribution in [0.25, 0.3) is 5.76 Å². The van der Waals surface area contributed by atoms with Gasteiger partial charge in [0.15, 0.2) is 0 Å². The minimum absolute atomic E-state index is 0.0252. The van der Waals surface area contributed by atoms with Crippen molar-refractivity contribution in [2.45, 2.75) is 53.0 Å². The molecule has 0 aromatic heterocycles. The summed E-state index contributed by atoms with van der Waals surface area (Å²) in [5, 5.41) is 13.6. The zero-order valence-electron chi connectivity index (χ0n) is 21.8. The first kappa shape index (κ1) is 26.5. The topological polar surface area (TPSA) is 74.1 Å². The smallest absolute Gasteiger partial charge is 0.295 e. The van der Waals surface area contributed by atoms with Crippen molar-refractivity contribution in [1.82, 2.24) is 4.90 Å². The van der Waals surface area contributed by atoms with E-state index >= 15 is 0 Å². The average molecular weight is 479 g/mol. The van der Waals surface area contributed by atoms with Crippen LogP contribution in [-0.2, 0) is 15.0 Å². The molecule has 2 aromatic rings. The molecule has 1 N–H and O–H groups in total. The van der Waals surface area contributed by atoms with E-state index < -0.39 is 23.5 Å². The van der Waals surface area contributed by atoms with Crippen LogP contribution in [0.4, 0.5) is 0 Å². The van der Waals surface area contributed by atoms with Gasteiger partial charge in [-0.25, -0.2) is 0 Å². The molecule has 6 nitrogen and oxygen atoms in total. The number of likely N-dealkylation sites (tertiary alicyclic amines) is 1. The zero-order chi connectivity index (χ0) is 25.8. The molecule has 188 valence electrons. The van der Waals surface area contributed by atoms with Crippen molar-refractivity contribution in [2.24, 2.45) is 0 Å². The predicted octanol–water partition coefficient (Wildman–Crippen LogP) is 2.53. The largest absolute Gasteiger partial charge is 0.872 e. The van der Waals surface area contributed by atoms with Gasteiger partial charge >= 0.3 is 0 Å². The molecule has 0 aliphatic carbocycles. The quantitative estimate of drug-likeness (QED) is 0.342. The third-order valence-corrected chi connectivity index (χ3v) is 6.76. The number of carbonyl (C=O) groups excluding carboxylic acids is 2. The Kier molecular flexibility index (Phi) is 8.39. The summed E-state index contributed by atoms with van der Waals surface area (Å²) in [5.74, 6) is -1.06. The van der Waals surface area contributed by atoms with Crippen molar-refractivity contribution in [2.75, 3.05) is 32.8 Å². The molecule has 0 spiro atoms. The van der Waals surface area contributed by atoms with E-state index in [-0.39, 0.29) is 11.0 Å². The molecular weight excluding hydrogens is 440 g/mol. The van der Waals surface area contributed by atoms with Gasteiger partial charge in [0.2, 0.25) is 5.78 Å². The fourth-order valence-electron chi connectivity index (χ4n) is 4.52. The van der Waals surface area contributed by atoms with Crippen molar-refractivity contribution in [3.63, 3.8) is 0 Å². The van der Waals surface area contributed by atoms with Gasteiger partial charge in [-0.1, -0.05) is 62.9 Å². The molecule has 1 aliphatic rings. The van der Waals surface area contributed by atoms with Crippen molar-refractivity contribution in [3.05, 3.63) is 70.8 Å². The Morgan fingerprint density at radius 3 is 2.09 bits per heavy atom. The van der Waals surface area contributed by atoms with E-state index in [0.29, 0.717) is 31.0 Å². The minimum Gasteiger partial charge on any atom is -0.872 e. The molecular formula is C29H38N2O4. The Bertz CT molecular complexity index is 1060. The highest BCUT2D eigenvalue weighted by molar-refractivity contribution is 6.46. The highest BCUT2D eigenvalue weighted by Crippen LogP contribution is 2.39. The van der Waals surface area contributed by atoms with Gasteiger partial charge in [-0.2, -0.15) is 0 Å². The summed E-state index contributed by atoms with van der Waals surface area (Å²) in [5.41, 5.74) is 2.29. The Hall–Kier alpha value is -3.12. The monoisotopic (exact) mass is 478 g/mol. The van der Waals surface area contributed by atoms with Crippen LogP contribution in [0.15, 0.2) is 54.1 Å². The second-order valence-corrected chi connectivity index (χ2v) is 10.0. The molecule has 1 saturated heterocycles. The lowest BCUT2D eigenvalue weighted by Crippen LogP contribution is -3.12. The van der Waals surface area contributed by atoms with Gasteiger partial charge in [-0.3, -0.25) is 9.59 Å². The number of nitrogens with one attached hydrogen (secondary N) is 1. The fourth-order valence-corrected chi connectivity index (χ4v) is 4.52. The molecule has 1 atom stereocenters. The molecule has 2 aromatic carbocycles. The number of Topliss-reactive ketones (excluding diaryl/α,β-unsaturated/α-hetero) is 1. The number of carbonyl (C=O) groups is 2. The van der Waals surface area contributed by atoms with Crippen molar-refractivity contribution in [3.8, 4) is 5.75 Å². The lowest BCUT2D eigenvalue weighted by molar-refractivity contribution is -0.895. The standard InChI is InChI=1S/C29H38N2O4/c1-7-30(8-2)18-19-31-25(20-10-14-22(15-11-20)29(4,5)6)24(27(33)28(31)34)26(32)21-12-16-23(17-13-21)35-9-3/h10-17,25,32H,7-9,18-19H2,1-6H3. The third kappa shape index (κ3) is 5.76. The van der Waals surface area contributed by atoms with Crippen LogP contribution in [0.2, 0.25) is 0 Å². The Morgan fingerprint density at radius 2 is 1.57 bits per heavy atom. The van der Waals surface area contributed by atoms with Crippen LogP contribution in [0.3, 0.4) is 0 Å². The second kappa shape index (κ2) is 11.1. The van der Waals surface area contributed by atoms with Gasteiger partial charge in [-0.05, 0) is 55.0 Å². The van der Waals surface area contributed by atoms with Crippen molar-refractivity contribution < 1.29 is 24.3 Å². The number of nitrogens with zero attached hydrogens (tertiary/aromatic N) is 1. The first-order valence-electron chi connectivity index (χ1n) is 12.6. The number of ether oxygens (including phenoxy) is 1. The highest BCUT2D eigenvalue weighted by Gasteiger charge is 2.44. The third-order valence-electron chi connectivity index (χ3n) is 6.76. The van der Waals surface area contributed by atoms with Gasteiger partial charge < -0.3 is 19.6 Å². The number of amides is 1. The molecule has 1 heterocycles. The maximum atomic E-state index is 13.6. The van der Waals surface area contributed by atoms with Gasteiger partial charge in [0.25, 0.3) is 5.91 Å². The number of hydrogen-bond acceptors (Lipinski definition) is 4. The number of likely N-dealkylation sites (N-methyl/N-ethyl adjacent to an activating group) is 1. The molecule has 6 heteroatoms. The summed E-state index contributed by atoms with van der Waals surface area (Å²) in [6, 6.07) is 14.0. The van der Waals surface area contributed by atoms with E-state index in [2.05, 4.69) is 34.6 Å². The summed E-state index contributed by atoms with van der Waals surface area (Å²) < 4.78 is 5.48. The highest BCUT2D eigenvalue weighted by atomic mass is 16.5. The van der Waals surface area contributed by atoms with Crippen LogP contribution < -0.4 is 14.7 Å². The number of quaternary nitrogens is 1. The van der Waals surface area contributed by atoms with Gasteiger partial charge in [0, 0.05) is 5.57 Å². The van der Waals surface area contributed by atoms with Gasteiger partial charge in [-0.15, -0.1) is 0 Å². The maximum Gasteiger partial charge on any atom is 0.295 e. The van der Waals surface area contributed by atoms with Crippen LogP contribution in [0.5, 0.6) is 5.75 Å². The molecule has 0 bridgehead atoms. The van der Waals surface area contributed by atoms with Gasteiger partial charge in [0.05, 0.1) is 38.8 Å². The van der Waals surface area contributed by atoms with Crippen LogP contribution in [0.1, 0.15) is 64.3 Å². The Labute approximate surface area is 209 Å². The van der Waals surface area contributed by atoms with Gasteiger partial charge in [0.1, 0.15) is 5.75 Å². The summed E-state index contributed by atoms with van der Waals surface area (Å²) in [7, 11) is 0.